The third kappa shape index (κ3) is 4.77. The smallest absolute Gasteiger partial charge is 0.250 e. The normalized spacial score (nSPS) is 11.1. The van der Waals surface area contributed by atoms with Gasteiger partial charge in [-0.25, -0.2) is 4.98 Å². The summed E-state index contributed by atoms with van der Waals surface area (Å²) in [7, 11) is 0. The summed E-state index contributed by atoms with van der Waals surface area (Å²) in [5.41, 5.74) is 4.04. The molecule has 0 spiro atoms. The van der Waals surface area contributed by atoms with Gasteiger partial charge >= 0.3 is 0 Å². The van der Waals surface area contributed by atoms with Crippen molar-refractivity contribution in [2.24, 2.45) is 0 Å². The van der Waals surface area contributed by atoms with E-state index in [1.807, 2.05) is 30.3 Å². The second-order valence-corrected chi connectivity index (χ2v) is 7.80. The molecule has 0 saturated carbocycles. The maximum Gasteiger partial charge on any atom is 0.250 e. The number of carbonyl (C=O) groups is 1. The lowest BCUT2D eigenvalue weighted by Crippen LogP contribution is -2.32. The lowest BCUT2D eigenvalue weighted by atomic mass is 10.2. The van der Waals surface area contributed by atoms with Crippen LogP contribution in [0.25, 0.3) is 26.9 Å². The van der Waals surface area contributed by atoms with Gasteiger partial charge in [-0.2, -0.15) is 0 Å². The molecular weight excluding hydrogens is 402 g/mol. The molecule has 0 fully saturated rings. The van der Waals surface area contributed by atoms with Crippen molar-refractivity contribution >= 4 is 56.6 Å². The zero-order valence-corrected chi connectivity index (χ0v) is 17.1. The standard InChI is InChI=1S/C22H17N3O2S2/c1-14-4-10-18-19(13-14)29-21(24-18)15-5-7-16(8-6-15)23-22(28)25-20(26)11-9-17-3-2-12-27-17/h2-13H,1H3,(H2,23,25,26,28). The van der Waals surface area contributed by atoms with Crippen molar-refractivity contribution in [3.05, 3.63) is 78.3 Å². The first kappa shape index (κ1) is 19.0. The van der Waals surface area contributed by atoms with Gasteiger partial charge in [0.1, 0.15) is 10.8 Å². The van der Waals surface area contributed by atoms with Crippen LogP contribution in [0, 0.1) is 6.92 Å². The van der Waals surface area contributed by atoms with E-state index in [0.29, 0.717) is 5.76 Å². The largest absolute Gasteiger partial charge is 0.465 e. The van der Waals surface area contributed by atoms with Crippen LogP contribution in [-0.4, -0.2) is 16.0 Å². The monoisotopic (exact) mass is 419 g/mol. The predicted octanol–water partition coefficient (Wildman–Crippen LogP) is 5.39. The van der Waals surface area contributed by atoms with E-state index < -0.39 is 0 Å². The highest BCUT2D eigenvalue weighted by Gasteiger charge is 2.07. The number of anilines is 1. The summed E-state index contributed by atoms with van der Waals surface area (Å²) in [6, 6.07) is 17.5. The van der Waals surface area contributed by atoms with Gasteiger partial charge in [0.05, 0.1) is 16.5 Å². The van der Waals surface area contributed by atoms with E-state index in [-0.39, 0.29) is 11.0 Å². The molecule has 0 aliphatic carbocycles. The van der Waals surface area contributed by atoms with Gasteiger partial charge in [0.2, 0.25) is 5.91 Å². The van der Waals surface area contributed by atoms with E-state index in [9.17, 15) is 4.79 Å². The highest BCUT2D eigenvalue weighted by molar-refractivity contribution is 7.80. The Morgan fingerprint density at radius 2 is 2.00 bits per heavy atom. The third-order valence-electron chi connectivity index (χ3n) is 4.11. The molecule has 29 heavy (non-hydrogen) atoms. The van der Waals surface area contributed by atoms with Gasteiger partial charge in [-0.15, -0.1) is 11.3 Å². The molecule has 144 valence electrons. The minimum absolute atomic E-state index is 0.224. The summed E-state index contributed by atoms with van der Waals surface area (Å²) in [4.78, 5) is 16.6. The van der Waals surface area contributed by atoms with E-state index in [1.54, 1.807) is 35.8 Å². The fourth-order valence-corrected chi connectivity index (χ4v) is 4.00. The van der Waals surface area contributed by atoms with E-state index in [1.165, 1.54) is 16.3 Å². The summed E-state index contributed by atoms with van der Waals surface area (Å²) in [6.45, 7) is 2.08. The van der Waals surface area contributed by atoms with Crippen molar-refractivity contribution in [2.75, 3.05) is 5.32 Å². The Hall–Kier alpha value is -3.29. The van der Waals surface area contributed by atoms with Gasteiger partial charge < -0.3 is 9.73 Å². The van der Waals surface area contributed by atoms with Crippen LogP contribution >= 0.6 is 23.6 Å². The molecule has 7 heteroatoms. The predicted molar refractivity (Wildman–Crippen MR) is 122 cm³/mol. The van der Waals surface area contributed by atoms with Crippen LogP contribution in [0.15, 0.2) is 71.4 Å². The molecule has 2 aromatic heterocycles. The number of fused-ring (bicyclic) bond motifs is 1. The van der Waals surface area contributed by atoms with Gasteiger partial charge in [-0.1, -0.05) is 6.07 Å². The van der Waals surface area contributed by atoms with E-state index in [4.69, 9.17) is 21.6 Å². The van der Waals surface area contributed by atoms with Crippen LogP contribution < -0.4 is 10.6 Å². The maximum atomic E-state index is 11.9. The average molecular weight is 420 g/mol. The fourth-order valence-electron chi connectivity index (χ4n) is 2.71. The van der Waals surface area contributed by atoms with Crippen molar-refractivity contribution in [3.8, 4) is 10.6 Å². The lowest BCUT2D eigenvalue weighted by molar-refractivity contribution is -0.115. The molecule has 0 unspecified atom stereocenters. The molecule has 4 rings (SSSR count). The Balaban J connectivity index is 1.38. The fraction of sp³-hybridized carbons (Fsp3) is 0.0455. The molecule has 0 saturated heterocycles. The Kier molecular flexibility index (Phi) is 5.50. The van der Waals surface area contributed by atoms with Gasteiger partial charge in [0.25, 0.3) is 0 Å². The topological polar surface area (TPSA) is 67.2 Å². The van der Waals surface area contributed by atoms with Gasteiger partial charge in [-0.05, 0) is 79.3 Å². The zero-order chi connectivity index (χ0) is 20.2. The molecular formula is C22H17N3O2S2. The number of hydrogen-bond acceptors (Lipinski definition) is 5. The van der Waals surface area contributed by atoms with Crippen LogP contribution in [0.1, 0.15) is 11.3 Å². The summed E-state index contributed by atoms with van der Waals surface area (Å²) < 4.78 is 6.31. The number of amides is 1. The van der Waals surface area contributed by atoms with E-state index in [2.05, 4.69) is 29.7 Å². The van der Waals surface area contributed by atoms with Gasteiger partial charge in [0.15, 0.2) is 5.11 Å². The first-order chi connectivity index (χ1) is 14.1. The number of carbonyl (C=O) groups excluding carboxylic acids is 1. The first-order valence-corrected chi connectivity index (χ1v) is 10.1. The van der Waals surface area contributed by atoms with Crippen molar-refractivity contribution in [1.82, 2.24) is 10.3 Å². The number of nitrogens with one attached hydrogen (secondary N) is 2. The first-order valence-electron chi connectivity index (χ1n) is 8.88. The van der Waals surface area contributed by atoms with Crippen molar-refractivity contribution < 1.29 is 9.21 Å². The molecule has 4 aromatic rings. The van der Waals surface area contributed by atoms with Crippen molar-refractivity contribution in [1.29, 1.82) is 0 Å². The van der Waals surface area contributed by atoms with Crippen LogP contribution in [0.2, 0.25) is 0 Å². The molecule has 1 amide bonds. The SMILES string of the molecule is Cc1ccc2nc(-c3ccc(NC(=S)NC(=O)C=Cc4ccco4)cc3)sc2c1. The molecule has 0 aliphatic heterocycles. The van der Waals surface area contributed by atoms with E-state index in [0.717, 1.165) is 21.8 Å². The number of benzene rings is 2. The number of hydrogen-bond donors (Lipinski definition) is 2. The Morgan fingerprint density at radius 1 is 1.17 bits per heavy atom. The molecule has 2 N–H and O–H groups in total. The minimum atomic E-state index is -0.333. The second-order valence-electron chi connectivity index (χ2n) is 6.36. The number of furan rings is 1. The summed E-state index contributed by atoms with van der Waals surface area (Å²) in [5, 5.41) is 6.80. The van der Waals surface area contributed by atoms with Crippen LogP contribution in [-0.2, 0) is 4.79 Å². The molecule has 5 nitrogen and oxygen atoms in total. The van der Waals surface area contributed by atoms with Gasteiger partial charge in [0, 0.05) is 17.3 Å². The Labute approximate surface area is 177 Å². The van der Waals surface area contributed by atoms with Crippen LogP contribution in [0.3, 0.4) is 0 Å². The molecule has 0 radical (unpaired) electrons. The van der Waals surface area contributed by atoms with Crippen molar-refractivity contribution in [3.63, 3.8) is 0 Å². The highest BCUT2D eigenvalue weighted by atomic mass is 32.1. The minimum Gasteiger partial charge on any atom is -0.465 e. The summed E-state index contributed by atoms with van der Waals surface area (Å²) >= 11 is 6.87. The third-order valence-corrected chi connectivity index (χ3v) is 5.38. The number of aromatic nitrogens is 1. The average Bonchev–Trinajstić information content (AvgIpc) is 3.36. The Bertz CT molecular complexity index is 1190. The van der Waals surface area contributed by atoms with Crippen LogP contribution in [0.5, 0.6) is 0 Å². The molecule has 0 bridgehead atoms. The summed E-state index contributed by atoms with van der Waals surface area (Å²) in [6.07, 6.45) is 4.49. The molecule has 2 aromatic carbocycles. The molecule has 0 aliphatic rings. The maximum absolute atomic E-state index is 11.9. The quantitative estimate of drug-likeness (QED) is 0.343. The van der Waals surface area contributed by atoms with Gasteiger partial charge in [-0.3, -0.25) is 10.1 Å². The number of thiocarbonyl (C=S) groups is 1. The second kappa shape index (κ2) is 8.38. The number of aryl methyl sites for hydroxylation is 1. The van der Waals surface area contributed by atoms with Crippen molar-refractivity contribution in [2.45, 2.75) is 6.92 Å². The number of rotatable bonds is 4. The molecule has 0 atom stereocenters. The lowest BCUT2D eigenvalue weighted by Gasteiger charge is -2.08. The zero-order valence-electron chi connectivity index (χ0n) is 15.5. The summed E-state index contributed by atoms with van der Waals surface area (Å²) in [5.74, 6) is 0.264. The van der Waals surface area contributed by atoms with Crippen LogP contribution in [0.4, 0.5) is 5.69 Å². The highest BCUT2D eigenvalue weighted by Crippen LogP contribution is 2.31. The van der Waals surface area contributed by atoms with E-state index >= 15 is 0 Å². The Morgan fingerprint density at radius 3 is 2.76 bits per heavy atom. The number of nitrogens with zero attached hydrogens (tertiary/aromatic N) is 1. The number of thiazole rings is 1. The molecule has 2 heterocycles.